The fraction of sp³-hybridized carbons (Fsp3) is 0.444. The molecular weight excluding hydrogens is 292 g/mol. The van der Waals surface area contributed by atoms with E-state index in [2.05, 4.69) is 16.4 Å². The van der Waals surface area contributed by atoms with Gasteiger partial charge >= 0.3 is 5.97 Å². The van der Waals surface area contributed by atoms with Crippen molar-refractivity contribution in [3.8, 4) is 0 Å². The number of carbonyl (C=O) groups is 2. The minimum Gasteiger partial charge on any atom is -0.481 e. The second-order valence-electron chi connectivity index (χ2n) is 6.59. The minimum atomic E-state index is -0.726. The van der Waals surface area contributed by atoms with Crippen LogP contribution in [0.25, 0.3) is 10.9 Å². The lowest BCUT2D eigenvalue weighted by Gasteiger charge is -2.26. The van der Waals surface area contributed by atoms with Gasteiger partial charge in [0.2, 0.25) is 0 Å². The first kappa shape index (κ1) is 15.6. The minimum absolute atomic E-state index is 0.0624. The number of benzene rings is 1. The predicted molar refractivity (Wildman–Crippen MR) is 88.6 cm³/mol. The number of H-pyrrole nitrogens is 1. The zero-order valence-corrected chi connectivity index (χ0v) is 13.5. The van der Waals surface area contributed by atoms with Crippen LogP contribution >= 0.6 is 0 Å². The van der Waals surface area contributed by atoms with Crippen molar-refractivity contribution in [1.29, 1.82) is 0 Å². The number of aryl methyl sites for hydroxylation is 2. The Morgan fingerprint density at radius 3 is 2.48 bits per heavy atom. The Hall–Kier alpha value is -2.30. The number of aromatic amines is 1. The summed E-state index contributed by atoms with van der Waals surface area (Å²) >= 11 is 0. The molecule has 5 heteroatoms. The maximum absolute atomic E-state index is 12.4. The largest absolute Gasteiger partial charge is 0.481 e. The Morgan fingerprint density at radius 2 is 1.83 bits per heavy atom. The lowest BCUT2D eigenvalue weighted by Crippen LogP contribution is -2.38. The van der Waals surface area contributed by atoms with E-state index in [9.17, 15) is 9.59 Å². The van der Waals surface area contributed by atoms with Crippen molar-refractivity contribution < 1.29 is 14.7 Å². The van der Waals surface area contributed by atoms with E-state index in [1.54, 1.807) is 0 Å². The van der Waals surface area contributed by atoms with Crippen molar-refractivity contribution >= 4 is 22.8 Å². The molecule has 122 valence electrons. The molecule has 23 heavy (non-hydrogen) atoms. The van der Waals surface area contributed by atoms with Gasteiger partial charge in [0.15, 0.2) is 0 Å². The molecule has 3 N–H and O–H groups in total. The van der Waals surface area contributed by atoms with Crippen LogP contribution in [0.5, 0.6) is 0 Å². The van der Waals surface area contributed by atoms with E-state index in [-0.39, 0.29) is 17.9 Å². The molecule has 3 rings (SSSR count). The molecular formula is C18H22N2O3. The first-order chi connectivity index (χ1) is 10.9. The Bertz CT molecular complexity index is 755. The van der Waals surface area contributed by atoms with Gasteiger partial charge in [-0.05, 0) is 62.8 Å². The number of carbonyl (C=O) groups excluding carboxylic acids is 1. The van der Waals surface area contributed by atoms with Crippen LogP contribution in [0.4, 0.5) is 0 Å². The van der Waals surface area contributed by atoms with Gasteiger partial charge in [0.1, 0.15) is 5.69 Å². The van der Waals surface area contributed by atoms with Crippen molar-refractivity contribution in [2.45, 2.75) is 45.6 Å². The molecule has 0 aliphatic heterocycles. The molecule has 1 aliphatic rings. The summed E-state index contributed by atoms with van der Waals surface area (Å²) in [7, 11) is 0. The van der Waals surface area contributed by atoms with Crippen LogP contribution in [0.15, 0.2) is 18.2 Å². The maximum Gasteiger partial charge on any atom is 0.306 e. The average Bonchev–Trinajstić information content (AvgIpc) is 2.92. The predicted octanol–water partition coefficient (Wildman–Crippen LogP) is 3.16. The van der Waals surface area contributed by atoms with Gasteiger partial charge in [-0.1, -0.05) is 6.07 Å². The quantitative estimate of drug-likeness (QED) is 0.814. The van der Waals surface area contributed by atoms with Crippen LogP contribution in [0.3, 0.4) is 0 Å². The molecule has 1 aliphatic carbocycles. The highest BCUT2D eigenvalue weighted by atomic mass is 16.4. The van der Waals surface area contributed by atoms with Crippen molar-refractivity contribution in [3.63, 3.8) is 0 Å². The van der Waals surface area contributed by atoms with E-state index in [4.69, 9.17) is 5.11 Å². The lowest BCUT2D eigenvalue weighted by molar-refractivity contribution is -0.142. The number of amides is 1. The Labute approximate surface area is 135 Å². The summed E-state index contributed by atoms with van der Waals surface area (Å²) in [6.45, 7) is 4.08. The summed E-state index contributed by atoms with van der Waals surface area (Å²) in [6, 6.07) is 6.09. The van der Waals surface area contributed by atoms with Crippen molar-refractivity contribution in [2.24, 2.45) is 5.92 Å². The summed E-state index contributed by atoms with van der Waals surface area (Å²) in [5.74, 6) is -1.10. The van der Waals surface area contributed by atoms with Gasteiger partial charge in [0.05, 0.1) is 5.92 Å². The number of fused-ring (bicyclic) bond motifs is 1. The van der Waals surface area contributed by atoms with Gasteiger partial charge in [0, 0.05) is 16.9 Å². The van der Waals surface area contributed by atoms with Crippen molar-refractivity contribution in [3.05, 3.63) is 35.0 Å². The summed E-state index contributed by atoms with van der Waals surface area (Å²) in [5, 5.41) is 13.1. The smallest absolute Gasteiger partial charge is 0.306 e. The third-order valence-corrected chi connectivity index (χ3v) is 4.75. The zero-order valence-electron chi connectivity index (χ0n) is 13.5. The SMILES string of the molecule is Cc1cc(C)c2cc(C(=O)NC3CCC(C(=O)O)CC3)[nH]c2c1. The van der Waals surface area contributed by atoms with Crippen LogP contribution < -0.4 is 5.32 Å². The second kappa shape index (κ2) is 6.07. The highest BCUT2D eigenvalue weighted by Gasteiger charge is 2.27. The number of nitrogens with one attached hydrogen (secondary N) is 2. The standard InChI is InChI=1S/C18H22N2O3/c1-10-7-11(2)14-9-16(20-15(14)8-10)17(21)19-13-5-3-12(4-6-13)18(22)23/h7-9,12-13,20H,3-6H2,1-2H3,(H,19,21)(H,22,23). The van der Waals surface area contributed by atoms with Crippen LogP contribution in [-0.2, 0) is 4.79 Å². The molecule has 0 unspecified atom stereocenters. The van der Waals surface area contributed by atoms with E-state index >= 15 is 0 Å². The summed E-state index contributed by atoms with van der Waals surface area (Å²) < 4.78 is 0. The average molecular weight is 314 g/mol. The molecule has 1 saturated carbocycles. The third kappa shape index (κ3) is 3.23. The maximum atomic E-state index is 12.4. The number of aliphatic carboxylic acids is 1. The Morgan fingerprint density at radius 1 is 1.13 bits per heavy atom. The van der Waals surface area contributed by atoms with E-state index in [1.165, 1.54) is 0 Å². The van der Waals surface area contributed by atoms with E-state index < -0.39 is 5.97 Å². The van der Waals surface area contributed by atoms with Crippen LogP contribution in [0.2, 0.25) is 0 Å². The zero-order chi connectivity index (χ0) is 16.6. The van der Waals surface area contributed by atoms with Crippen LogP contribution in [-0.4, -0.2) is 28.0 Å². The number of hydrogen-bond acceptors (Lipinski definition) is 2. The number of carboxylic acids is 1. The molecule has 0 saturated heterocycles. The molecule has 1 amide bonds. The highest BCUT2D eigenvalue weighted by molar-refractivity contribution is 5.99. The highest BCUT2D eigenvalue weighted by Crippen LogP contribution is 2.25. The van der Waals surface area contributed by atoms with Gasteiger partial charge in [-0.25, -0.2) is 0 Å². The van der Waals surface area contributed by atoms with Gasteiger partial charge in [0.25, 0.3) is 5.91 Å². The molecule has 2 aromatic rings. The lowest BCUT2D eigenvalue weighted by atomic mass is 9.86. The molecule has 0 atom stereocenters. The third-order valence-electron chi connectivity index (χ3n) is 4.75. The van der Waals surface area contributed by atoms with E-state index in [0.29, 0.717) is 18.5 Å². The van der Waals surface area contributed by atoms with Gasteiger partial charge in [-0.2, -0.15) is 0 Å². The molecule has 1 heterocycles. The topological polar surface area (TPSA) is 82.2 Å². The summed E-state index contributed by atoms with van der Waals surface area (Å²) in [5.41, 5.74) is 3.85. The fourth-order valence-electron chi connectivity index (χ4n) is 3.47. The van der Waals surface area contributed by atoms with Crippen molar-refractivity contribution in [1.82, 2.24) is 10.3 Å². The van der Waals surface area contributed by atoms with Crippen molar-refractivity contribution in [2.75, 3.05) is 0 Å². The first-order valence-corrected chi connectivity index (χ1v) is 8.07. The molecule has 1 aromatic heterocycles. The first-order valence-electron chi connectivity index (χ1n) is 8.07. The molecule has 0 radical (unpaired) electrons. The fourth-order valence-corrected chi connectivity index (χ4v) is 3.47. The molecule has 0 spiro atoms. The monoisotopic (exact) mass is 314 g/mol. The van der Waals surface area contributed by atoms with Gasteiger partial charge in [-0.3, -0.25) is 9.59 Å². The summed E-state index contributed by atoms with van der Waals surface area (Å²) in [4.78, 5) is 26.6. The molecule has 0 bridgehead atoms. The molecule has 1 aromatic carbocycles. The Balaban J connectivity index is 1.69. The number of rotatable bonds is 3. The van der Waals surface area contributed by atoms with Gasteiger partial charge in [-0.15, -0.1) is 0 Å². The molecule has 5 nitrogen and oxygen atoms in total. The van der Waals surface area contributed by atoms with Crippen LogP contribution in [0.1, 0.15) is 47.3 Å². The normalized spacial score (nSPS) is 21.3. The number of hydrogen-bond donors (Lipinski definition) is 3. The van der Waals surface area contributed by atoms with Gasteiger partial charge < -0.3 is 15.4 Å². The summed E-state index contributed by atoms with van der Waals surface area (Å²) in [6.07, 6.45) is 2.71. The van der Waals surface area contributed by atoms with E-state index in [0.717, 1.165) is 34.9 Å². The van der Waals surface area contributed by atoms with E-state index in [1.807, 2.05) is 26.0 Å². The molecule has 1 fully saturated rings. The number of carboxylic acid groups (broad SMARTS) is 1. The van der Waals surface area contributed by atoms with Crippen LogP contribution in [0, 0.1) is 19.8 Å². The Kier molecular flexibility index (Phi) is 4.11. The second-order valence-corrected chi connectivity index (χ2v) is 6.59. The number of aromatic nitrogens is 1.